The quantitative estimate of drug-likeness (QED) is 0.612. The largest absolute Gasteiger partial charge is 0.413 e. The van der Waals surface area contributed by atoms with Crippen molar-refractivity contribution in [3.8, 4) is 0 Å². The molecule has 0 aliphatic carbocycles. The Morgan fingerprint density at radius 3 is 2.63 bits per heavy atom. The molecule has 0 bridgehead atoms. The van der Waals surface area contributed by atoms with Gasteiger partial charge in [-0.05, 0) is 52.4 Å². The number of benzene rings is 1. The summed E-state index contributed by atoms with van der Waals surface area (Å²) in [6.07, 6.45) is 0. The Hall–Kier alpha value is -0.403. The van der Waals surface area contributed by atoms with Crippen LogP contribution in [0.3, 0.4) is 0 Å². The number of hydrogen-bond donors (Lipinski definition) is 1. The number of aromatic amines is 1. The second-order valence-electron chi connectivity index (χ2n) is 6.40. The lowest BCUT2D eigenvalue weighted by Crippen LogP contribution is -2.40. The van der Waals surface area contributed by atoms with Crippen molar-refractivity contribution in [1.29, 1.82) is 0 Å². The van der Waals surface area contributed by atoms with E-state index in [4.69, 9.17) is 4.43 Å². The second kappa shape index (κ2) is 5.18. The molecule has 1 aromatic carbocycles. The molecule has 3 nitrogen and oxygen atoms in total. The molecule has 5 heteroatoms. The molecule has 0 fully saturated rings. The summed E-state index contributed by atoms with van der Waals surface area (Å²) in [5.41, 5.74) is 2.31. The third-order valence-corrected chi connectivity index (χ3v) is 9.29. The van der Waals surface area contributed by atoms with Crippen LogP contribution in [0.4, 0.5) is 0 Å². The highest BCUT2D eigenvalue weighted by Gasteiger charge is 2.37. The van der Waals surface area contributed by atoms with Crippen LogP contribution in [-0.2, 0) is 11.0 Å². The number of nitrogens with zero attached hydrogens (tertiary/aromatic N) is 1. The zero-order chi connectivity index (χ0) is 14.3. The van der Waals surface area contributed by atoms with Crippen molar-refractivity contribution < 1.29 is 4.43 Å². The van der Waals surface area contributed by atoms with Gasteiger partial charge in [-0.15, -0.1) is 0 Å². The molecule has 2 aromatic rings. The molecule has 0 unspecified atom stereocenters. The normalized spacial score (nSPS) is 13.2. The minimum Gasteiger partial charge on any atom is -0.413 e. The number of fused-ring (bicyclic) bond motifs is 1. The van der Waals surface area contributed by atoms with Gasteiger partial charge in [0.2, 0.25) is 0 Å². The fraction of sp³-hybridized carbons (Fsp3) is 0.500. The molecular weight excluding hydrogens is 367 g/mol. The van der Waals surface area contributed by atoms with E-state index in [-0.39, 0.29) is 5.04 Å². The van der Waals surface area contributed by atoms with Gasteiger partial charge in [0.05, 0.1) is 12.1 Å². The van der Waals surface area contributed by atoms with Crippen LogP contribution >= 0.6 is 22.6 Å². The lowest BCUT2D eigenvalue weighted by Gasteiger charge is -2.36. The van der Waals surface area contributed by atoms with E-state index in [0.717, 1.165) is 9.22 Å². The molecule has 0 aliphatic rings. The van der Waals surface area contributed by atoms with Crippen molar-refractivity contribution in [3.05, 3.63) is 27.5 Å². The van der Waals surface area contributed by atoms with E-state index in [0.29, 0.717) is 6.61 Å². The number of aromatic nitrogens is 2. The van der Waals surface area contributed by atoms with Gasteiger partial charge in [0, 0.05) is 5.39 Å². The Balaban J connectivity index is 2.26. The van der Waals surface area contributed by atoms with E-state index >= 15 is 0 Å². The molecule has 0 saturated carbocycles. The monoisotopic (exact) mass is 388 g/mol. The summed E-state index contributed by atoms with van der Waals surface area (Å²) in [5, 5.41) is 8.76. The minimum atomic E-state index is -1.71. The molecule has 0 amide bonds. The summed E-state index contributed by atoms with van der Waals surface area (Å²) in [6, 6.07) is 6.24. The molecule has 2 rings (SSSR count). The van der Waals surface area contributed by atoms with E-state index in [2.05, 4.69) is 84.9 Å². The van der Waals surface area contributed by atoms with Gasteiger partial charge in [0.1, 0.15) is 3.70 Å². The van der Waals surface area contributed by atoms with Gasteiger partial charge in [-0.2, -0.15) is 5.10 Å². The number of rotatable bonds is 3. The molecule has 1 aromatic heterocycles. The molecule has 104 valence electrons. The first-order chi connectivity index (χ1) is 8.72. The van der Waals surface area contributed by atoms with Gasteiger partial charge in [-0.3, -0.25) is 5.10 Å². The Kier molecular flexibility index (Phi) is 4.09. The number of nitrogens with one attached hydrogen (secondary N) is 1. The summed E-state index contributed by atoms with van der Waals surface area (Å²) >= 11 is 2.27. The predicted molar refractivity (Wildman–Crippen MR) is 90.8 cm³/mol. The molecule has 1 heterocycles. The van der Waals surface area contributed by atoms with E-state index in [9.17, 15) is 0 Å². The molecule has 0 spiro atoms. The first-order valence-electron chi connectivity index (χ1n) is 6.48. The maximum atomic E-state index is 6.31. The Labute approximate surface area is 129 Å². The molecular formula is C14H21IN2OSi. The van der Waals surface area contributed by atoms with Crippen LogP contribution in [0.1, 0.15) is 26.3 Å². The highest BCUT2D eigenvalue weighted by Crippen LogP contribution is 2.37. The van der Waals surface area contributed by atoms with Crippen molar-refractivity contribution in [1.82, 2.24) is 10.2 Å². The van der Waals surface area contributed by atoms with Crippen LogP contribution in [0.25, 0.3) is 10.9 Å². The van der Waals surface area contributed by atoms with Gasteiger partial charge in [-0.1, -0.05) is 32.9 Å². The average Bonchev–Trinajstić information content (AvgIpc) is 2.68. The summed E-state index contributed by atoms with van der Waals surface area (Å²) in [5.74, 6) is 0. The van der Waals surface area contributed by atoms with Gasteiger partial charge in [-0.25, -0.2) is 0 Å². The zero-order valence-electron chi connectivity index (χ0n) is 12.2. The first kappa shape index (κ1) is 15.0. The number of hydrogen-bond acceptors (Lipinski definition) is 2. The number of H-pyrrole nitrogens is 1. The van der Waals surface area contributed by atoms with Crippen molar-refractivity contribution in [2.24, 2.45) is 0 Å². The maximum absolute atomic E-state index is 6.31. The van der Waals surface area contributed by atoms with Crippen molar-refractivity contribution in [2.75, 3.05) is 0 Å². The lowest BCUT2D eigenvalue weighted by molar-refractivity contribution is 0.277. The van der Waals surface area contributed by atoms with Gasteiger partial charge >= 0.3 is 0 Å². The highest BCUT2D eigenvalue weighted by molar-refractivity contribution is 14.1. The fourth-order valence-corrected chi connectivity index (χ4v) is 3.40. The topological polar surface area (TPSA) is 37.9 Å². The Bertz CT molecular complexity index is 587. The van der Waals surface area contributed by atoms with Crippen LogP contribution in [0.2, 0.25) is 18.1 Å². The van der Waals surface area contributed by atoms with Gasteiger partial charge < -0.3 is 4.43 Å². The van der Waals surface area contributed by atoms with Crippen LogP contribution in [0, 0.1) is 3.70 Å². The molecule has 0 aliphatic heterocycles. The third-order valence-electron chi connectivity index (χ3n) is 4.03. The smallest absolute Gasteiger partial charge is 0.192 e. The van der Waals surface area contributed by atoms with E-state index in [1.165, 1.54) is 10.9 Å². The van der Waals surface area contributed by atoms with Crippen molar-refractivity contribution in [3.63, 3.8) is 0 Å². The third kappa shape index (κ3) is 3.03. The fourth-order valence-electron chi connectivity index (χ4n) is 1.70. The van der Waals surface area contributed by atoms with Gasteiger partial charge in [0.15, 0.2) is 8.32 Å². The second-order valence-corrected chi connectivity index (χ2v) is 12.2. The highest BCUT2D eigenvalue weighted by atomic mass is 127. The summed E-state index contributed by atoms with van der Waals surface area (Å²) in [7, 11) is -1.71. The van der Waals surface area contributed by atoms with Crippen LogP contribution in [-0.4, -0.2) is 18.5 Å². The Morgan fingerprint density at radius 1 is 1.32 bits per heavy atom. The van der Waals surface area contributed by atoms with E-state index in [1.54, 1.807) is 0 Å². The lowest BCUT2D eigenvalue weighted by atomic mass is 10.1. The average molecular weight is 388 g/mol. The molecule has 1 N–H and O–H groups in total. The van der Waals surface area contributed by atoms with Crippen molar-refractivity contribution >= 4 is 41.8 Å². The molecule has 19 heavy (non-hydrogen) atoms. The maximum Gasteiger partial charge on any atom is 0.192 e. The molecule has 0 radical (unpaired) electrons. The molecule has 0 saturated heterocycles. The summed E-state index contributed by atoms with van der Waals surface area (Å²) in [6.45, 7) is 12.0. The van der Waals surface area contributed by atoms with Crippen LogP contribution < -0.4 is 0 Å². The number of halogens is 1. The first-order valence-corrected chi connectivity index (χ1v) is 10.5. The summed E-state index contributed by atoms with van der Waals surface area (Å²) in [4.78, 5) is 0. The summed E-state index contributed by atoms with van der Waals surface area (Å²) < 4.78 is 7.32. The standard InChI is InChI=1S/C14H21IN2OSi/c1-14(2,3)19(4,5)18-9-10-7-6-8-11-12(10)13(15)17-16-11/h6-8H,9H2,1-5H3,(H,16,17). The molecule has 0 atom stereocenters. The minimum absolute atomic E-state index is 0.241. The van der Waals surface area contributed by atoms with E-state index in [1.807, 2.05) is 0 Å². The zero-order valence-corrected chi connectivity index (χ0v) is 15.3. The van der Waals surface area contributed by atoms with E-state index < -0.39 is 8.32 Å². The van der Waals surface area contributed by atoms with Crippen LogP contribution in [0.5, 0.6) is 0 Å². The SMILES string of the molecule is CC(C)(C)[Si](C)(C)OCc1cccc2[nH]nc(I)c12. The van der Waals surface area contributed by atoms with Crippen LogP contribution in [0.15, 0.2) is 18.2 Å². The Morgan fingerprint density at radius 2 is 2.00 bits per heavy atom. The predicted octanol–water partition coefficient (Wildman–Crippen LogP) is 4.69. The van der Waals surface area contributed by atoms with Gasteiger partial charge in [0.25, 0.3) is 0 Å². The van der Waals surface area contributed by atoms with Crippen molar-refractivity contribution in [2.45, 2.75) is 45.5 Å².